The van der Waals surface area contributed by atoms with Crippen LogP contribution in [-0.2, 0) is 30.9 Å². The van der Waals surface area contributed by atoms with E-state index < -0.39 is 15.6 Å². The lowest BCUT2D eigenvalue weighted by Gasteiger charge is -2.18. The fourth-order valence-corrected chi connectivity index (χ4v) is 5.13. The zero-order chi connectivity index (χ0) is 22.0. The molecule has 2 rings (SSSR count). The number of anilines is 1. The molecule has 0 bridgehead atoms. The summed E-state index contributed by atoms with van der Waals surface area (Å²) in [5.41, 5.74) is 7.23. The lowest BCUT2D eigenvalue weighted by atomic mass is 10.2. The number of nitrogens with two attached hydrogens (primary N) is 1. The fraction of sp³-hybridized carbons (Fsp3) is 0.429. The minimum atomic E-state index is -5.43. The molecule has 0 amide bonds. The monoisotopic (exact) mass is 466 g/mol. The van der Waals surface area contributed by atoms with Crippen molar-refractivity contribution in [3.8, 4) is 0 Å². The average Bonchev–Trinajstić information content (AvgIpc) is 2.84. The number of nitrogen functional groups attached to an aromatic ring is 1. The molecule has 0 aliphatic rings. The van der Waals surface area contributed by atoms with Crippen molar-refractivity contribution in [2.45, 2.75) is 33.7 Å². The predicted molar refractivity (Wildman–Crippen MR) is 99.9 cm³/mol. The smallest absolute Gasteiger partial charge is 0.478 e. The Morgan fingerprint density at radius 1 is 1.38 bits per heavy atom. The molecule has 15 heteroatoms. The Morgan fingerprint density at radius 2 is 2.03 bits per heavy atom. The third kappa shape index (κ3) is 6.73. The van der Waals surface area contributed by atoms with E-state index in [4.69, 9.17) is 10.6 Å². The highest BCUT2D eigenvalue weighted by Crippen LogP contribution is 2.55. The van der Waals surface area contributed by atoms with Crippen molar-refractivity contribution in [1.82, 2.24) is 9.97 Å². The van der Waals surface area contributed by atoms with Gasteiger partial charge in [-0.25, -0.2) is 18.8 Å². The number of ketones is 1. The van der Waals surface area contributed by atoms with Crippen LogP contribution in [0.25, 0.3) is 0 Å². The number of hydrogen-bond donors (Lipinski definition) is 3. The van der Waals surface area contributed by atoms with Gasteiger partial charge in [0.25, 0.3) is 7.82 Å². The van der Waals surface area contributed by atoms with Gasteiger partial charge in [0.15, 0.2) is 12.2 Å². The van der Waals surface area contributed by atoms with E-state index in [0.29, 0.717) is 32.8 Å². The van der Waals surface area contributed by atoms with Gasteiger partial charge in [0.1, 0.15) is 11.6 Å². The number of carbonyl (C=O) groups excluding carboxylic acids is 1. The van der Waals surface area contributed by atoms with Crippen molar-refractivity contribution in [3.05, 3.63) is 33.2 Å². The van der Waals surface area contributed by atoms with Gasteiger partial charge in [-0.3, -0.25) is 13.9 Å². The molecule has 29 heavy (non-hydrogen) atoms. The number of aromatic nitrogens is 3. The van der Waals surface area contributed by atoms with Crippen LogP contribution in [0.5, 0.6) is 0 Å². The first-order chi connectivity index (χ1) is 13.3. The SMILES string of the molecule is CC(=O)c1sc(CCOP(=O)(O)OP(=O)([O-])O)c(C)[n+]1Cc1cnc(C)nc1N. The van der Waals surface area contributed by atoms with Gasteiger partial charge in [0.05, 0.1) is 17.0 Å². The van der Waals surface area contributed by atoms with Gasteiger partial charge < -0.3 is 20.4 Å². The van der Waals surface area contributed by atoms with Gasteiger partial charge in [0.2, 0.25) is 5.78 Å². The number of aryl methyl sites for hydroxylation is 1. The first kappa shape index (κ1) is 23.7. The number of nitrogens with zero attached hydrogens (tertiary/aromatic N) is 3. The van der Waals surface area contributed by atoms with Gasteiger partial charge in [-0.05, 0) is 6.92 Å². The van der Waals surface area contributed by atoms with E-state index in [1.54, 1.807) is 24.6 Å². The van der Waals surface area contributed by atoms with E-state index in [0.717, 1.165) is 11.3 Å². The molecule has 0 radical (unpaired) electrons. The van der Waals surface area contributed by atoms with Crippen LogP contribution in [0.3, 0.4) is 0 Å². The quantitative estimate of drug-likeness (QED) is 0.264. The number of thiazole rings is 1. The van der Waals surface area contributed by atoms with Crippen LogP contribution in [0.2, 0.25) is 0 Å². The van der Waals surface area contributed by atoms with Crippen molar-refractivity contribution in [1.29, 1.82) is 0 Å². The third-order valence-corrected chi connectivity index (χ3v) is 7.32. The normalized spacial score (nSPS) is 15.7. The van der Waals surface area contributed by atoms with E-state index in [2.05, 4.69) is 18.8 Å². The topological polar surface area (TPSA) is 189 Å². The molecule has 0 spiro atoms. The maximum absolute atomic E-state index is 12.0. The summed E-state index contributed by atoms with van der Waals surface area (Å²) in [6.45, 7) is 4.71. The lowest BCUT2D eigenvalue weighted by molar-refractivity contribution is -0.691. The third-order valence-electron chi connectivity index (χ3n) is 3.71. The molecular weight excluding hydrogens is 446 g/mol. The second-order valence-corrected chi connectivity index (χ2v) is 9.86. The highest BCUT2D eigenvalue weighted by molar-refractivity contribution is 7.60. The number of hydrogen-bond acceptors (Lipinski definition) is 10. The average molecular weight is 466 g/mol. The summed E-state index contributed by atoms with van der Waals surface area (Å²) < 4.78 is 32.0. The largest absolute Gasteiger partial charge is 0.756 e. The summed E-state index contributed by atoms with van der Waals surface area (Å²) in [7, 11) is -10.4. The predicted octanol–water partition coefficient (Wildman–Crippen LogP) is 0.412. The van der Waals surface area contributed by atoms with Crippen molar-refractivity contribution in [3.63, 3.8) is 0 Å². The Balaban J connectivity index is 2.20. The summed E-state index contributed by atoms with van der Waals surface area (Å²) >= 11 is 1.16. The van der Waals surface area contributed by atoms with Gasteiger partial charge >= 0.3 is 12.8 Å². The highest BCUT2D eigenvalue weighted by Gasteiger charge is 2.30. The summed E-state index contributed by atoms with van der Waals surface area (Å²) in [5, 5.41) is 0.417. The first-order valence-electron chi connectivity index (χ1n) is 8.12. The van der Waals surface area contributed by atoms with Crippen LogP contribution in [-0.4, -0.2) is 32.1 Å². The van der Waals surface area contributed by atoms with Crippen molar-refractivity contribution in [2.24, 2.45) is 0 Å². The Kier molecular flexibility index (Phi) is 7.42. The van der Waals surface area contributed by atoms with E-state index in [1.165, 1.54) is 6.92 Å². The number of phosphoric ester groups is 1. The van der Waals surface area contributed by atoms with Crippen LogP contribution >= 0.6 is 27.0 Å². The Bertz CT molecular complexity index is 1020. The Hall–Kier alpha value is -1.56. The van der Waals surface area contributed by atoms with Crippen molar-refractivity contribution >= 4 is 38.6 Å². The lowest BCUT2D eigenvalue weighted by Crippen LogP contribution is -2.41. The van der Waals surface area contributed by atoms with Gasteiger partial charge in [-0.15, -0.1) is 0 Å². The molecule has 2 aromatic rings. The van der Waals surface area contributed by atoms with E-state index in [-0.39, 0.29) is 25.4 Å². The molecule has 0 saturated heterocycles. The standard InChI is InChI=1S/C14H20N4O8P2S/c1-8-12(4-5-25-28(23,24)26-27(20,21)22)29-14(9(2)19)18(8)7-11-6-16-10(3)17-13(11)15/h6H,4-5,7H2,1-3H3,(H4-,15,16,17,20,21,22,23,24). The maximum atomic E-state index is 12.0. The maximum Gasteiger partial charge on any atom is 0.478 e. The number of rotatable bonds is 9. The molecule has 0 aromatic carbocycles. The van der Waals surface area contributed by atoms with Gasteiger partial charge in [-0.1, -0.05) is 11.3 Å². The molecule has 4 N–H and O–H groups in total. The van der Waals surface area contributed by atoms with Crippen molar-refractivity contribution < 1.29 is 42.0 Å². The van der Waals surface area contributed by atoms with E-state index in [1.807, 2.05) is 0 Å². The molecule has 0 saturated carbocycles. The van der Waals surface area contributed by atoms with Crippen LogP contribution < -0.4 is 15.2 Å². The van der Waals surface area contributed by atoms with Gasteiger partial charge in [0, 0.05) is 26.5 Å². The summed E-state index contributed by atoms with van der Waals surface area (Å²) in [4.78, 5) is 49.3. The minimum Gasteiger partial charge on any atom is -0.756 e. The molecule has 0 aliphatic heterocycles. The Labute approximate surface area is 170 Å². The molecule has 0 fully saturated rings. The van der Waals surface area contributed by atoms with Gasteiger partial charge in [-0.2, -0.15) is 4.57 Å². The molecule has 12 nitrogen and oxygen atoms in total. The summed E-state index contributed by atoms with van der Waals surface area (Å²) in [6.07, 6.45) is 1.66. The molecule has 0 aliphatic carbocycles. The molecule has 2 heterocycles. The van der Waals surface area contributed by atoms with E-state index in [9.17, 15) is 23.7 Å². The molecule has 2 atom stereocenters. The molecule has 2 aromatic heterocycles. The zero-order valence-electron chi connectivity index (χ0n) is 15.8. The Morgan fingerprint density at radius 3 is 2.59 bits per heavy atom. The van der Waals surface area contributed by atoms with Crippen LogP contribution in [0.1, 0.15) is 38.7 Å². The second kappa shape index (κ2) is 9.07. The number of carbonyl (C=O) groups is 1. The van der Waals surface area contributed by atoms with Crippen LogP contribution in [0.4, 0.5) is 5.82 Å². The minimum absolute atomic E-state index is 0.0894. The second-order valence-electron chi connectivity index (χ2n) is 5.99. The van der Waals surface area contributed by atoms with E-state index >= 15 is 0 Å². The first-order valence-corrected chi connectivity index (χ1v) is 11.9. The molecular formula is C14H20N4O8P2S. The summed E-state index contributed by atoms with van der Waals surface area (Å²) in [6, 6.07) is 0. The number of phosphoric acid groups is 2. The summed E-state index contributed by atoms with van der Waals surface area (Å²) in [5.74, 6) is 0.615. The molecule has 2 unspecified atom stereocenters. The highest BCUT2D eigenvalue weighted by atomic mass is 32.1. The zero-order valence-corrected chi connectivity index (χ0v) is 18.4. The van der Waals surface area contributed by atoms with Crippen molar-refractivity contribution in [2.75, 3.05) is 12.3 Å². The fourth-order valence-electron chi connectivity index (χ4n) is 2.45. The number of Topliss-reactive ketones (excluding diaryl/α,β-unsaturated/α-hetero) is 1. The van der Waals surface area contributed by atoms with Crippen LogP contribution in [0, 0.1) is 13.8 Å². The molecule has 160 valence electrons. The van der Waals surface area contributed by atoms with Crippen LogP contribution in [0.15, 0.2) is 6.20 Å².